The van der Waals surface area contributed by atoms with Gasteiger partial charge in [-0.2, -0.15) is 0 Å². The van der Waals surface area contributed by atoms with E-state index in [2.05, 4.69) is 14.5 Å². The molecule has 8 heteroatoms. The summed E-state index contributed by atoms with van der Waals surface area (Å²) >= 11 is 0. The molecule has 0 amide bonds. The number of aromatic nitrogens is 1. The molecule has 0 saturated carbocycles. The Morgan fingerprint density at radius 3 is 2.29 bits per heavy atom. The Balaban J connectivity index is 3.27. The fourth-order valence-corrected chi connectivity index (χ4v) is 1.23. The van der Waals surface area contributed by atoms with Crippen LogP contribution in [0.15, 0.2) is 6.20 Å². The standard InChI is InChI=1S/C9H8F5NO2/c1-4-5(16-2)3-15-8(6(4)7(10)11)17-9(12,13)14/h3,7H,1-2H3. The number of pyridine rings is 1. The van der Waals surface area contributed by atoms with Crippen molar-refractivity contribution in [3.63, 3.8) is 0 Å². The lowest BCUT2D eigenvalue weighted by atomic mass is 10.1. The topological polar surface area (TPSA) is 31.4 Å². The lowest BCUT2D eigenvalue weighted by molar-refractivity contribution is -0.276. The van der Waals surface area contributed by atoms with Gasteiger partial charge >= 0.3 is 6.36 Å². The van der Waals surface area contributed by atoms with E-state index in [1.807, 2.05) is 0 Å². The molecule has 0 aliphatic heterocycles. The molecule has 0 fully saturated rings. The molecule has 0 aliphatic carbocycles. The predicted molar refractivity (Wildman–Crippen MR) is 47.2 cm³/mol. The molecule has 0 atom stereocenters. The highest BCUT2D eigenvalue weighted by molar-refractivity contribution is 5.43. The van der Waals surface area contributed by atoms with Gasteiger partial charge < -0.3 is 9.47 Å². The number of rotatable bonds is 3. The molecular weight excluding hydrogens is 249 g/mol. The fourth-order valence-electron chi connectivity index (χ4n) is 1.23. The van der Waals surface area contributed by atoms with Crippen LogP contribution in [-0.4, -0.2) is 18.5 Å². The zero-order valence-electron chi connectivity index (χ0n) is 8.81. The molecule has 96 valence electrons. The minimum Gasteiger partial charge on any atom is -0.495 e. The van der Waals surface area contributed by atoms with E-state index in [9.17, 15) is 22.0 Å². The summed E-state index contributed by atoms with van der Waals surface area (Å²) < 4.78 is 69.3. The minimum atomic E-state index is -5.07. The quantitative estimate of drug-likeness (QED) is 0.779. The maximum absolute atomic E-state index is 12.6. The number of nitrogens with zero attached hydrogens (tertiary/aromatic N) is 1. The normalized spacial score (nSPS) is 11.8. The van der Waals surface area contributed by atoms with E-state index in [1.165, 1.54) is 14.0 Å². The first-order chi connectivity index (χ1) is 7.76. The molecule has 0 aliphatic rings. The van der Waals surface area contributed by atoms with Crippen LogP contribution in [0.2, 0.25) is 0 Å². The smallest absolute Gasteiger partial charge is 0.495 e. The molecule has 17 heavy (non-hydrogen) atoms. The summed E-state index contributed by atoms with van der Waals surface area (Å²) in [5, 5.41) is 0. The van der Waals surface area contributed by atoms with Gasteiger partial charge in [-0.1, -0.05) is 0 Å². The van der Waals surface area contributed by atoms with Crippen LogP contribution in [0.1, 0.15) is 17.6 Å². The first kappa shape index (κ1) is 13.5. The maximum Gasteiger partial charge on any atom is 0.574 e. The van der Waals surface area contributed by atoms with Crippen molar-refractivity contribution in [2.45, 2.75) is 19.7 Å². The molecular formula is C9H8F5NO2. The zero-order chi connectivity index (χ0) is 13.2. The summed E-state index contributed by atoms with van der Waals surface area (Å²) in [5.41, 5.74) is -1.07. The first-order valence-corrected chi connectivity index (χ1v) is 4.33. The molecule has 1 rings (SSSR count). The van der Waals surface area contributed by atoms with Gasteiger partial charge in [0.05, 0.1) is 18.9 Å². The summed E-state index contributed by atoms with van der Waals surface area (Å²) in [6.45, 7) is 1.20. The minimum absolute atomic E-state index is 0.0326. The van der Waals surface area contributed by atoms with E-state index in [-0.39, 0.29) is 11.3 Å². The maximum atomic E-state index is 12.6. The highest BCUT2D eigenvalue weighted by Gasteiger charge is 2.35. The van der Waals surface area contributed by atoms with Crippen molar-refractivity contribution in [3.8, 4) is 11.6 Å². The fraction of sp³-hybridized carbons (Fsp3) is 0.444. The van der Waals surface area contributed by atoms with Crippen LogP contribution >= 0.6 is 0 Å². The molecule has 0 saturated heterocycles. The van der Waals surface area contributed by atoms with Gasteiger partial charge in [0.25, 0.3) is 6.43 Å². The van der Waals surface area contributed by atoms with Gasteiger partial charge in [-0.05, 0) is 6.92 Å². The third-order valence-corrected chi connectivity index (χ3v) is 1.95. The Morgan fingerprint density at radius 2 is 1.88 bits per heavy atom. The van der Waals surface area contributed by atoms with Crippen LogP contribution < -0.4 is 9.47 Å². The molecule has 1 heterocycles. The highest BCUT2D eigenvalue weighted by atomic mass is 19.4. The van der Waals surface area contributed by atoms with Gasteiger partial charge in [-0.15, -0.1) is 13.2 Å². The monoisotopic (exact) mass is 257 g/mol. The van der Waals surface area contributed by atoms with Crippen molar-refractivity contribution in [2.24, 2.45) is 0 Å². The molecule has 0 bridgehead atoms. The van der Waals surface area contributed by atoms with Gasteiger partial charge in [0.2, 0.25) is 5.88 Å². The van der Waals surface area contributed by atoms with Crippen molar-refractivity contribution < 1.29 is 31.4 Å². The summed E-state index contributed by atoms with van der Waals surface area (Å²) in [6.07, 6.45) is -7.32. The average Bonchev–Trinajstić information content (AvgIpc) is 2.14. The number of alkyl halides is 5. The Bertz CT molecular complexity index is 405. The van der Waals surface area contributed by atoms with Crippen molar-refractivity contribution in [3.05, 3.63) is 17.3 Å². The highest BCUT2D eigenvalue weighted by Crippen LogP contribution is 2.36. The zero-order valence-corrected chi connectivity index (χ0v) is 8.81. The van der Waals surface area contributed by atoms with Crippen molar-refractivity contribution in [2.75, 3.05) is 7.11 Å². The van der Waals surface area contributed by atoms with Crippen LogP contribution in [0.5, 0.6) is 11.6 Å². The summed E-state index contributed by atoms with van der Waals surface area (Å²) in [5.74, 6) is -1.19. The van der Waals surface area contributed by atoms with Gasteiger partial charge in [-0.3, -0.25) is 0 Å². The lowest BCUT2D eigenvalue weighted by Gasteiger charge is -2.15. The SMILES string of the molecule is COc1cnc(OC(F)(F)F)c(C(F)F)c1C. The molecule has 3 nitrogen and oxygen atoms in total. The van der Waals surface area contributed by atoms with Crippen molar-refractivity contribution in [1.82, 2.24) is 4.98 Å². The Kier molecular flexibility index (Phi) is 3.74. The second kappa shape index (κ2) is 4.72. The molecule has 1 aromatic rings. The largest absolute Gasteiger partial charge is 0.574 e. The number of halogens is 5. The average molecular weight is 257 g/mol. The Labute approximate surface area is 93.2 Å². The molecule has 0 radical (unpaired) electrons. The van der Waals surface area contributed by atoms with E-state index < -0.39 is 24.2 Å². The van der Waals surface area contributed by atoms with Gasteiger partial charge in [0.15, 0.2) is 0 Å². The molecule has 0 unspecified atom stereocenters. The number of methoxy groups -OCH3 is 1. The van der Waals surface area contributed by atoms with Crippen LogP contribution in [0.4, 0.5) is 22.0 Å². The number of hydrogen-bond acceptors (Lipinski definition) is 3. The van der Waals surface area contributed by atoms with Crippen LogP contribution in [0.3, 0.4) is 0 Å². The third-order valence-electron chi connectivity index (χ3n) is 1.95. The van der Waals surface area contributed by atoms with E-state index in [0.717, 1.165) is 6.20 Å². The van der Waals surface area contributed by atoms with Crippen LogP contribution in [0, 0.1) is 6.92 Å². The molecule has 0 aromatic carbocycles. The van der Waals surface area contributed by atoms with Crippen LogP contribution in [-0.2, 0) is 0 Å². The number of ether oxygens (including phenoxy) is 2. The van der Waals surface area contributed by atoms with E-state index in [0.29, 0.717) is 0 Å². The first-order valence-electron chi connectivity index (χ1n) is 4.33. The molecule has 0 spiro atoms. The van der Waals surface area contributed by atoms with Gasteiger partial charge in [0.1, 0.15) is 5.75 Å². The molecule has 0 N–H and O–H groups in total. The predicted octanol–water partition coefficient (Wildman–Crippen LogP) is 3.23. The van der Waals surface area contributed by atoms with E-state index >= 15 is 0 Å². The van der Waals surface area contributed by atoms with Crippen LogP contribution in [0.25, 0.3) is 0 Å². The van der Waals surface area contributed by atoms with Crippen molar-refractivity contribution >= 4 is 0 Å². The van der Waals surface area contributed by atoms with Gasteiger partial charge in [0, 0.05) is 5.56 Å². The Morgan fingerprint density at radius 1 is 1.29 bits per heavy atom. The van der Waals surface area contributed by atoms with Gasteiger partial charge in [-0.25, -0.2) is 13.8 Å². The summed E-state index contributed by atoms with van der Waals surface area (Å²) in [6, 6.07) is 0. The second-order valence-corrected chi connectivity index (χ2v) is 3.02. The lowest BCUT2D eigenvalue weighted by Crippen LogP contribution is -2.19. The second-order valence-electron chi connectivity index (χ2n) is 3.02. The Hall–Kier alpha value is -1.60. The number of hydrogen-bond donors (Lipinski definition) is 0. The molecule has 1 aromatic heterocycles. The summed E-state index contributed by atoms with van der Waals surface area (Å²) in [4.78, 5) is 3.17. The van der Waals surface area contributed by atoms with Crippen molar-refractivity contribution in [1.29, 1.82) is 0 Å². The van der Waals surface area contributed by atoms with E-state index in [4.69, 9.17) is 0 Å². The third kappa shape index (κ3) is 3.18. The van der Waals surface area contributed by atoms with E-state index in [1.54, 1.807) is 0 Å². The summed E-state index contributed by atoms with van der Waals surface area (Å²) in [7, 11) is 1.20.